The largest absolute Gasteiger partial charge is 0.367 e. The lowest BCUT2D eigenvalue weighted by molar-refractivity contribution is -0.0624. The zero-order valence-corrected chi connectivity index (χ0v) is 12.8. The highest BCUT2D eigenvalue weighted by Crippen LogP contribution is 2.37. The Hall–Kier alpha value is -1.00. The van der Waals surface area contributed by atoms with Crippen molar-refractivity contribution in [3.63, 3.8) is 0 Å². The SMILES string of the molecule is CCNCc1cnc(C2(OCC)CCCCCC2)nc1. The topological polar surface area (TPSA) is 47.0 Å². The zero-order valence-electron chi connectivity index (χ0n) is 12.8. The summed E-state index contributed by atoms with van der Waals surface area (Å²) in [5.74, 6) is 0.876. The highest BCUT2D eigenvalue weighted by atomic mass is 16.5. The molecule has 0 aliphatic heterocycles. The summed E-state index contributed by atoms with van der Waals surface area (Å²) in [6.07, 6.45) is 11.0. The minimum absolute atomic E-state index is 0.248. The molecule has 2 rings (SSSR count). The number of ether oxygens (including phenoxy) is 1. The van der Waals surface area contributed by atoms with Crippen molar-refractivity contribution in [1.29, 1.82) is 0 Å². The van der Waals surface area contributed by atoms with Gasteiger partial charge in [-0.15, -0.1) is 0 Å². The van der Waals surface area contributed by atoms with Crippen LogP contribution in [0.2, 0.25) is 0 Å². The Morgan fingerprint density at radius 1 is 1.10 bits per heavy atom. The van der Waals surface area contributed by atoms with Gasteiger partial charge in [0.1, 0.15) is 5.60 Å². The molecule has 0 spiro atoms. The van der Waals surface area contributed by atoms with E-state index in [-0.39, 0.29) is 5.60 Å². The van der Waals surface area contributed by atoms with Crippen molar-refractivity contribution in [2.75, 3.05) is 13.2 Å². The van der Waals surface area contributed by atoms with E-state index >= 15 is 0 Å². The highest BCUT2D eigenvalue weighted by molar-refractivity contribution is 5.10. The van der Waals surface area contributed by atoms with Gasteiger partial charge in [-0.3, -0.25) is 0 Å². The summed E-state index contributed by atoms with van der Waals surface area (Å²) in [6.45, 7) is 6.68. The van der Waals surface area contributed by atoms with E-state index < -0.39 is 0 Å². The molecule has 0 unspecified atom stereocenters. The number of nitrogens with zero attached hydrogens (tertiary/aromatic N) is 2. The van der Waals surface area contributed by atoms with Crippen LogP contribution in [0.25, 0.3) is 0 Å². The lowest BCUT2D eigenvalue weighted by Gasteiger charge is -2.31. The van der Waals surface area contributed by atoms with Crippen LogP contribution in [-0.4, -0.2) is 23.1 Å². The molecule has 1 aromatic rings. The van der Waals surface area contributed by atoms with Gasteiger partial charge in [0.25, 0.3) is 0 Å². The molecule has 0 saturated heterocycles. The van der Waals surface area contributed by atoms with E-state index in [1.807, 2.05) is 12.4 Å². The number of hydrogen-bond acceptors (Lipinski definition) is 4. The maximum atomic E-state index is 6.12. The lowest BCUT2D eigenvalue weighted by atomic mass is 9.93. The summed E-state index contributed by atoms with van der Waals surface area (Å²) in [5.41, 5.74) is 0.887. The van der Waals surface area contributed by atoms with E-state index in [2.05, 4.69) is 29.1 Å². The van der Waals surface area contributed by atoms with Gasteiger partial charge < -0.3 is 10.1 Å². The van der Waals surface area contributed by atoms with Gasteiger partial charge in [0.15, 0.2) is 5.82 Å². The van der Waals surface area contributed by atoms with Crippen molar-refractivity contribution >= 4 is 0 Å². The van der Waals surface area contributed by atoms with Crippen molar-refractivity contribution < 1.29 is 4.74 Å². The fraction of sp³-hybridized carbons (Fsp3) is 0.750. The van der Waals surface area contributed by atoms with Gasteiger partial charge in [0.05, 0.1) is 0 Å². The first kappa shape index (κ1) is 15.4. The molecule has 4 heteroatoms. The highest BCUT2D eigenvalue weighted by Gasteiger charge is 2.36. The van der Waals surface area contributed by atoms with Crippen molar-refractivity contribution in [3.05, 3.63) is 23.8 Å². The molecule has 1 aliphatic rings. The average molecular weight is 277 g/mol. The Morgan fingerprint density at radius 3 is 2.30 bits per heavy atom. The van der Waals surface area contributed by atoms with Crippen LogP contribution in [-0.2, 0) is 16.9 Å². The molecule has 0 aromatic carbocycles. The first-order valence-electron chi connectivity index (χ1n) is 7.97. The summed E-state index contributed by atoms with van der Waals surface area (Å²) < 4.78 is 6.12. The third kappa shape index (κ3) is 3.76. The predicted molar refractivity (Wildman–Crippen MR) is 80.4 cm³/mol. The molecule has 4 nitrogen and oxygen atoms in total. The molecular formula is C16H27N3O. The molecule has 112 valence electrons. The maximum Gasteiger partial charge on any atom is 0.160 e. The van der Waals surface area contributed by atoms with E-state index in [4.69, 9.17) is 4.74 Å². The van der Waals surface area contributed by atoms with Gasteiger partial charge in [-0.05, 0) is 26.3 Å². The smallest absolute Gasteiger partial charge is 0.160 e. The summed E-state index contributed by atoms with van der Waals surface area (Å²) in [7, 11) is 0. The molecule has 0 bridgehead atoms. The van der Waals surface area contributed by atoms with E-state index in [9.17, 15) is 0 Å². The Balaban J connectivity index is 2.15. The number of nitrogens with one attached hydrogen (secondary N) is 1. The molecule has 1 N–H and O–H groups in total. The summed E-state index contributed by atoms with van der Waals surface area (Å²) in [6, 6.07) is 0. The van der Waals surface area contributed by atoms with E-state index in [1.165, 1.54) is 25.7 Å². The predicted octanol–water partition coefficient (Wildman–Crippen LogP) is 3.17. The van der Waals surface area contributed by atoms with Crippen LogP contribution in [0, 0.1) is 0 Å². The molecule has 1 aliphatic carbocycles. The van der Waals surface area contributed by atoms with Crippen molar-refractivity contribution in [2.24, 2.45) is 0 Å². The van der Waals surface area contributed by atoms with E-state index in [0.29, 0.717) is 0 Å². The maximum absolute atomic E-state index is 6.12. The molecule has 0 amide bonds. The standard InChI is InChI=1S/C16H27N3O/c1-3-17-11-14-12-18-15(19-13-14)16(20-4-2)9-7-5-6-8-10-16/h12-13,17H,3-11H2,1-2H3. The van der Waals surface area contributed by atoms with Crippen LogP contribution >= 0.6 is 0 Å². The molecule has 1 aromatic heterocycles. The van der Waals surface area contributed by atoms with Crippen LogP contribution in [0.3, 0.4) is 0 Å². The molecular weight excluding hydrogens is 250 g/mol. The summed E-state index contributed by atoms with van der Waals surface area (Å²) in [5, 5.41) is 3.30. The van der Waals surface area contributed by atoms with Gasteiger partial charge in [-0.2, -0.15) is 0 Å². The average Bonchev–Trinajstić information content (AvgIpc) is 2.73. The van der Waals surface area contributed by atoms with Crippen molar-refractivity contribution in [1.82, 2.24) is 15.3 Å². The third-order valence-corrected chi connectivity index (χ3v) is 4.02. The van der Waals surface area contributed by atoms with E-state index in [0.717, 1.165) is 43.9 Å². The fourth-order valence-corrected chi connectivity index (χ4v) is 2.96. The van der Waals surface area contributed by atoms with Crippen molar-refractivity contribution in [2.45, 2.75) is 64.5 Å². The second-order valence-electron chi connectivity index (χ2n) is 5.54. The summed E-state index contributed by atoms with van der Waals surface area (Å²) in [4.78, 5) is 9.22. The molecule has 1 saturated carbocycles. The summed E-state index contributed by atoms with van der Waals surface area (Å²) >= 11 is 0. The Kier molecular flexibility index (Phi) is 5.92. The van der Waals surface area contributed by atoms with Crippen LogP contribution in [0.5, 0.6) is 0 Å². The first-order chi connectivity index (χ1) is 9.80. The normalized spacial score (nSPS) is 18.7. The Morgan fingerprint density at radius 2 is 1.75 bits per heavy atom. The van der Waals surface area contributed by atoms with E-state index in [1.54, 1.807) is 0 Å². The molecule has 20 heavy (non-hydrogen) atoms. The molecule has 1 fully saturated rings. The van der Waals surface area contributed by atoms with Crippen LogP contribution in [0.15, 0.2) is 12.4 Å². The minimum atomic E-state index is -0.248. The van der Waals surface area contributed by atoms with Gasteiger partial charge >= 0.3 is 0 Å². The van der Waals surface area contributed by atoms with Gasteiger partial charge in [-0.1, -0.05) is 32.6 Å². The minimum Gasteiger partial charge on any atom is -0.367 e. The van der Waals surface area contributed by atoms with Gasteiger partial charge in [-0.25, -0.2) is 9.97 Å². The number of rotatable bonds is 6. The Labute approximate surface area is 122 Å². The fourth-order valence-electron chi connectivity index (χ4n) is 2.96. The third-order valence-electron chi connectivity index (χ3n) is 4.02. The van der Waals surface area contributed by atoms with Crippen LogP contribution in [0.1, 0.15) is 63.8 Å². The second-order valence-corrected chi connectivity index (χ2v) is 5.54. The molecule has 0 atom stereocenters. The van der Waals surface area contributed by atoms with Crippen LogP contribution in [0.4, 0.5) is 0 Å². The monoisotopic (exact) mass is 277 g/mol. The van der Waals surface area contributed by atoms with Gasteiger partial charge in [0.2, 0.25) is 0 Å². The first-order valence-corrected chi connectivity index (χ1v) is 7.97. The molecule has 1 heterocycles. The number of hydrogen-bond donors (Lipinski definition) is 1. The van der Waals surface area contributed by atoms with Gasteiger partial charge in [0, 0.05) is 31.1 Å². The quantitative estimate of drug-likeness (QED) is 0.811. The number of aromatic nitrogens is 2. The Bertz CT molecular complexity index is 383. The second kappa shape index (κ2) is 7.70. The van der Waals surface area contributed by atoms with Crippen molar-refractivity contribution in [3.8, 4) is 0 Å². The van der Waals surface area contributed by atoms with Crippen LogP contribution < -0.4 is 5.32 Å². The zero-order chi connectivity index (χ0) is 14.3. The lowest BCUT2D eigenvalue weighted by Crippen LogP contribution is -2.32. The molecule has 0 radical (unpaired) electrons.